The van der Waals surface area contributed by atoms with Crippen LogP contribution in [0, 0.1) is 5.92 Å². The highest BCUT2D eigenvalue weighted by atomic mass is 32.1. The molecule has 5 heteroatoms. The molecule has 124 valence electrons. The molecule has 0 amide bonds. The molecule has 1 heterocycles. The molecule has 0 unspecified atom stereocenters. The molecule has 0 atom stereocenters. The van der Waals surface area contributed by atoms with Crippen LogP contribution in [0.25, 0.3) is 0 Å². The summed E-state index contributed by atoms with van der Waals surface area (Å²) in [5.41, 5.74) is 0. The summed E-state index contributed by atoms with van der Waals surface area (Å²) in [7, 11) is 2.14. The second-order valence-electron chi connectivity index (χ2n) is 7.05. The molecule has 0 bridgehead atoms. The second-order valence-corrected chi connectivity index (χ2v) is 7.34. The highest BCUT2D eigenvalue weighted by Crippen LogP contribution is 2.27. The van der Waals surface area contributed by atoms with Crippen molar-refractivity contribution in [2.75, 3.05) is 58.8 Å². The number of hydrogen-bond donors (Lipinski definition) is 1. The average molecular weight is 316 g/mol. The highest BCUT2D eigenvalue weighted by Gasteiger charge is 2.32. The molecule has 2 fully saturated rings. The molecule has 21 heavy (non-hydrogen) atoms. The largest absolute Gasteiger partial charge is 0.377 e. The summed E-state index contributed by atoms with van der Waals surface area (Å²) in [5, 5.41) is 0. The van der Waals surface area contributed by atoms with Gasteiger partial charge >= 0.3 is 0 Å². The summed E-state index contributed by atoms with van der Waals surface area (Å²) in [6.07, 6.45) is 2.85. The number of rotatable bonds is 8. The van der Waals surface area contributed by atoms with Crippen molar-refractivity contribution in [1.29, 1.82) is 0 Å². The van der Waals surface area contributed by atoms with E-state index in [1.807, 2.05) is 0 Å². The summed E-state index contributed by atoms with van der Waals surface area (Å²) < 4.78 is 5.99. The van der Waals surface area contributed by atoms with Crippen molar-refractivity contribution >= 4 is 12.6 Å². The van der Waals surface area contributed by atoms with Crippen molar-refractivity contribution in [3.63, 3.8) is 0 Å². The molecular formula is C16H33N3OS. The first-order valence-corrected chi connectivity index (χ1v) is 9.09. The smallest absolute Gasteiger partial charge is 0.0605 e. The molecule has 0 N–H and O–H groups in total. The van der Waals surface area contributed by atoms with Gasteiger partial charge in [0.25, 0.3) is 0 Å². The van der Waals surface area contributed by atoms with E-state index in [2.05, 4.69) is 48.2 Å². The number of ether oxygens (including phenoxy) is 1. The van der Waals surface area contributed by atoms with Gasteiger partial charge in [-0.25, -0.2) is 0 Å². The van der Waals surface area contributed by atoms with Gasteiger partial charge in [-0.3, -0.25) is 9.80 Å². The zero-order valence-corrected chi connectivity index (χ0v) is 14.9. The van der Waals surface area contributed by atoms with Crippen LogP contribution < -0.4 is 0 Å². The van der Waals surface area contributed by atoms with Crippen LogP contribution >= 0.6 is 12.6 Å². The first-order valence-electron chi connectivity index (χ1n) is 8.46. The Morgan fingerprint density at radius 1 is 1.14 bits per heavy atom. The topological polar surface area (TPSA) is 19.0 Å². The van der Waals surface area contributed by atoms with Gasteiger partial charge in [-0.15, -0.1) is 0 Å². The molecule has 1 aliphatic heterocycles. The van der Waals surface area contributed by atoms with Gasteiger partial charge in [0.2, 0.25) is 0 Å². The van der Waals surface area contributed by atoms with Crippen LogP contribution in [-0.2, 0) is 4.74 Å². The zero-order valence-electron chi connectivity index (χ0n) is 14.0. The van der Waals surface area contributed by atoms with Crippen LogP contribution in [0.3, 0.4) is 0 Å². The van der Waals surface area contributed by atoms with Gasteiger partial charge in [0.15, 0.2) is 0 Å². The maximum Gasteiger partial charge on any atom is 0.0605 e. The molecule has 4 nitrogen and oxygen atoms in total. The van der Waals surface area contributed by atoms with E-state index >= 15 is 0 Å². The van der Waals surface area contributed by atoms with Gasteiger partial charge in [-0.05, 0) is 25.8 Å². The Hall–Kier alpha value is 0.190. The van der Waals surface area contributed by atoms with Crippen LogP contribution in [0.4, 0.5) is 0 Å². The van der Waals surface area contributed by atoms with Gasteiger partial charge < -0.3 is 9.64 Å². The summed E-state index contributed by atoms with van der Waals surface area (Å²) >= 11 is 4.31. The van der Waals surface area contributed by atoms with Gasteiger partial charge in [-0.1, -0.05) is 13.8 Å². The van der Waals surface area contributed by atoms with Crippen molar-refractivity contribution in [2.45, 2.75) is 38.8 Å². The minimum Gasteiger partial charge on any atom is -0.377 e. The lowest BCUT2D eigenvalue weighted by Crippen LogP contribution is -2.49. The Kier molecular flexibility index (Phi) is 7.29. The Morgan fingerprint density at radius 2 is 1.76 bits per heavy atom. The molecule has 2 aliphatic rings. The summed E-state index contributed by atoms with van der Waals surface area (Å²) in [5.74, 6) is 1.62. The maximum absolute atomic E-state index is 5.99. The fraction of sp³-hybridized carbons (Fsp3) is 1.00. The number of thiol groups is 1. The Bertz CT molecular complexity index is 289. The molecule has 2 rings (SSSR count). The first-order chi connectivity index (χ1) is 10.1. The van der Waals surface area contributed by atoms with E-state index < -0.39 is 0 Å². The predicted octanol–water partition coefficient (Wildman–Crippen LogP) is 1.63. The van der Waals surface area contributed by atoms with Gasteiger partial charge in [0.1, 0.15) is 0 Å². The van der Waals surface area contributed by atoms with Gasteiger partial charge in [-0.2, -0.15) is 12.6 Å². The predicted molar refractivity (Wildman–Crippen MR) is 92.1 cm³/mol. The van der Waals surface area contributed by atoms with Crippen molar-refractivity contribution < 1.29 is 4.74 Å². The number of piperazine rings is 1. The Labute approximate surface area is 136 Å². The normalized spacial score (nSPS) is 28.3. The molecule has 0 aromatic heterocycles. The summed E-state index contributed by atoms with van der Waals surface area (Å²) in [6.45, 7) is 12.7. The molecule has 0 radical (unpaired) electrons. The van der Waals surface area contributed by atoms with Crippen molar-refractivity contribution in [3.8, 4) is 0 Å². The van der Waals surface area contributed by atoms with Crippen LogP contribution in [0.15, 0.2) is 0 Å². The quantitative estimate of drug-likeness (QED) is 0.542. The lowest BCUT2D eigenvalue weighted by atomic mass is 9.88. The molecule has 1 saturated heterocycles. The van der Waals surface area contributed by atoms with Crippen molar-refractivity contribution in [1.82, 2.24) is 14.7 Å². The third-order valence-corrected chi connectivity index (χ3v) is 5.21. The molecule has 0 aromatic rings. The summed E-state index contributed by atoms with van der Waals surface area (Å²) in [4.78, 5) is 7.44. The van der Waals surface area contributed by atoms with Crippen molar-refractivity contribution in [2.24, 2.45) is 5.92 Å². The van der Waals surface area contributed by atoms with Gasteiger partial charge in [0.05, 0.1) is 12.7 Å². The van der Waals surface area contributed by atoms with E-state index in [1.54, 1.807) is 0 Å². The van der Waals surface area contributed by atoms with Crippen LogP contribution in [0.5, 0.6) is 0 Å². The number of nitrogens with zero attached hydrogens (tertiary/aromatic N) is 3. The molecular weight excluding hydrogens is 282 g/mol. The lowest BCUT2D eigenvalue weighted by molar-refractivity contribution is -0.0491. The van der Waals surface area contributed by atoms with Crippen LogP contribution in [0.2, 0.25) is 0 Å². The lowest BCUT2D eigenvalue weighted by Gasteiger charge is -2.41. The summed E-state index contributed by atoms with van der Waals surface area (Å²) in [6, 6.07) is 0.687. The minimum atomic E-state index is 0.486. The molecule has 1 saturated carbocycles. The fourth-order valence-corrected chi connectivity index (χ4v) is 3.44. The average Bonchev–Trinajstić information content (AvgIpc) is 2.41. The third-order valence-electron chi connectivity index (χ3n) is 4.77. The van der Waals surface area contributed by atoms with E-state index in [0.717, 1.165) is 24.9 Å². The third kappa shape index (κ3) is 5.71. The van der Waals surface area contributed by atoms with E-state index in [0.29, 0.717) is 12.1 Å². The number of hydrogen-bond acceptors (Lipinski definition) is 5. The maximum atomic E-state index is 5.99. The SMILES string of the molecule is CC(C)CN1CCN(CCO[C@H]2C[C@H](N(C)CS)C2)CC1. The molecule has 0 aromatic carbocycles. The highest BCUT2D eigenvalue weighted by molar-refractivity contribution is 7.80. The van der Waals surface area contributed by atoms with Crippen LogP contribution in [-0.4, -0.2) is 85.6 Å². The van der Waals surface area contributed by atoms with Crippen molar-refractivity contribution in [3.05, 3.63) is 0 Å². The fourth-order valence-electron chi connectivity index (χ4n) is 3.21. The van der Waals surface area contributed by atoms with Gasteiger partial charge in [0, 0.05) is 51.2 Å². The van der Waals surface area contributed by atoms with Crippen LogP contribution in [0.1, 0.15) is 26.7 Å². The van der Waals surface area contributed by atoms with E-state index in [4.69, 9.17) is 4.74 Å². The standard InChI is InChI=1S/C16H33N3OS/c1-14(2)12-19-6-4-18(5-7-19)8-9-20-16-10-15(11-16)17(3)13-21/h14-16,21H,4-13H2,1-3H3/t15-,16-. The first kappa shape index (κ1) is 17.5. The minimum absolute atomic E-state index is 0.486. The van der Waals surface area contributed by atoms with E-state index in [-0.39, 0.29) is 0 Å². The Morgan fingerprint density at radius 3 is 2.33 bits per heavy atom. The van der Waals surface area contributed by atoms with E-state index in [1.165, 1.54) is 45.6 Å². The Balaban J connectivity index is 1.49. The van der Waals surface area contributed by atoms with E-state index in [9.17, 15) is 0 Å². The zero-order chi connectivity index (χ0) is 15.2. The molecule has 0 spiro atoms. The second kappa shape index (κ2) is 8.73. The monoisotopic (exact) mass is 315 g/mol. The molecule has 1 aliphatic carbocycles.